The first-order valence-electron chi connectivity index (χ1n) is 5.82. The molecule has 2 heteroatoms. The van der Waals surface area contributed by atoms with Crippen LogP contribution in [0.25, 0.3) is 0 Å². The summed E-state index contributed by atoms with van der Waals surface area (Å²) < 4.78 is 5.41. The van der Waals surface area contributed by atoms with E-state index in [-0.39, 0.29) is 6.10 Å². The van der Waals surface area contributed by atoms with Crippen molar-refractivity contribution in [3.8, 4) is 17.9 Å². The van der Waals surface area contributed by atoms with Gasteiger partial charge in [0.1, 0.15) is 6.10 Å². The van der Waals surface area contributed by atoms with Crippen molar-refractivity contribution in [3.63, 3.8) is 0 Å². The maximum absolute atomic E-state index is 8.78. The van der Waals surface area contributed by atoms with Crippen LogP contribution in [0.15, 0.2) is 0 Å². The van der Waals surface area contributed by atoms with Crippen molar-refractivity contribution in [2.75, 3.05) is 6.61 Å². The van der Waals surface area contributed by atoms with Crippen LogP contribution in [-0.4, -0.2) is 12.7 Å². The molecule has 0 heterocycles. The minimum absolute atomic E-state index is 0.238. The summed E-state index contributed by atoms with van der Waals surface area (Å²) in [6.45, 7) is 4.81. The van der Waals surface area contributed by atoms with Crippen LogP contribution in [0, 0.1) is 23.2 Å². The second-order valence-electron chi connectivity index (χ2n) is 3.48. The van der Waals surface area contributed by atoms with Crippen LogP contribution in [0.4, 0.5) is 0 Å². The summed E-state index contributed by atoms with van der Waals surface area (Å²) >= 11 is 0. The van der Waals surface area contributed by atoms with Crippen molar-refractivity contribution >= 4 is 0 Å². The van der Waals surface area contributed by atoms with Gasteiger partial charge in [0.15, 0.2) is 0 Å². The minimum Gasteiger partial charge on any atom is -0.362 e. The van der Waals surface area contributed by atoms with E-state index in [1.165, 1.54) is 0 Å². The Labute approximate surface area is 93.6 Å². The Bertz CT molecular complexity index is 231. The van der Waals surface area contributed by atoms with Crippen LogP contribution in [0.1, 0.15) is 52.4 Å². The molecule has 0 aliphatic carbocycles. The lowest BCUT2D eigenvalue weighted by Gasteiger charge is -2.07. The predicted molar refractivity (Wildman–Crippen MR) is 62.2 cm³/mol. The van der Waals surface area contributed by atoms with Gasteiger partial charge in [-0.2, -0.15) is 5.26 Å². The van der Waals surface area contributed by atoms with Crippen molar-refractivity contribution < 1.29 is 4.74 Å². The molecule has 0 aromatic carbocycles. The number of nitriles is 1. The lowest BCUT2D eigenvalue weighted by molar-refractivity contribution is 0.0874. The first-order valence-corrected chi connectivity index (χ1v) is 5.82. The normalized spacial score (nSPS) is 11.3. The zero-order valence-electron chi connectivity index (χ0n) is 9.88. The summed E-state index contributed by atoms with van der Waals surface area (Å²) in [5.74, 6) is 6.09. The molecule has 1 atom stereocenters. The zero-order chi connectivity index (χ0) is 11.4. The molecule has 0 aliphatic rings. The number of unbranched alkanes of at least 4 members (excludes halogenated alkanes) is 2. The summed E-state index contributed by atoms with van der Waals surface area (Å²) in [6.07, 6.45) is 5.57. The van der Waals surface area contributed by atoms with Gasteiger partial charge in [0, 0.05) is 12.8 Å². The van der Waals surface area contributed by atoms with E-state index >= 15 is 0 Å². The Morgan fingerprint density at radius 1 is 1.13 bits per heavy atom. The van der Waals surface area contributed by atoms with Gasteiger partial charge in [0.05, 0.1) is 12.7 Å². The summed E-state index contributed by atoms with van der Waals surface area (Å²) in [5, 5.41) is 8.78. The number of hydrogen-bond acceptors (Lipinski definition) is 2. The fourth-order valence-corrected chi connectivity index (χ4v) is 1.13. The number of rotatable bonds is 7. The second-order valence-corrected chi connectivity index (χ2v) is 3.48. The Hall–Kier alpha value is -0.990. The van der Waals surface area contributed by atoms with Gasteiger partial charge in [-0.25, -0.2) is 0 Å². The van der Waals surface area contributed by atoms with Crippen molar-refractivity contribution in [1.29, 1.82) is 5.26 Å². The third-order valence-corrected chi connectivity index (χ3v) is 2.01. The quantitative estimate of drug-likeness (QED) is 0.474. The van der Waals surface area contributed by atoms with Crippen molar-refractivity contribution in [2.24, 2.45) is 0 Å². The first kappa shape index (κ1) is 14.0. The van der Waals surface area contributed by atoms with Crippen molar-refractivity contribution in [1.82, 2.24) is 0 Å². The molecule has 0 amide bonds. The fraction of sp³-hybridized carbons (Fsp3) is 0.769. The van der Waals surface area contributed by atoms with E-state index < -0.39 is 0 Å². The predicted octanol–water partition coefficient (Wildman–Crippen LogP) is 3.28. The molecule has 0 bridgehead atoms. The van der Waals surface area contributed by atoms with Gasteiger partial charge in [-0.3, -0.25) is 0 Å². The van der Waals surface area contributed by atoms with Crippen LogP contribution in [0.5, 0.6) is 0 Å². The van der Waals surface area contributed by atoms with E-state index in [2.05, 4.69) is 31.8 Å². The molecule has 0 rings (SSSR count). The van der Waals surface area contributed by atoms with Crippen LogP contribution in [0.2, 0.25) is 0 Å². The van der Waals surface area contributed by atoms with Crippen molar-refractivity contribution in [3.05, 3.63) is 0 Å². The molecule has 0 aromatic rings. The van der Waals surface area contributed by atoms with Gasteiger partial charge >= 0.3 is 0 Å². The first-order chi connectivity index (χ1) is 7.35. The molecule has 84 valence electrons. The highest BCUT2D eigenvalue weighted by Crippen LogP contribution is 2.03. The Kier molecular flexibility index (Phi) is 10.4. The SMILES string of the molecule is CCCC#CCCOC(C#N)CCCC. The second kappa shape index (κ2) is 11.1. The average Bonchev–Trinajstić information content (AvgIpc) is 2.27. The Balaban J connectivity index is 3.48. The lowest BCUT2D eigenvalue weighted by atomic mass is 10.2. The van der Waals surface area contributed by atoms with Crippen LogP contribution >= 0.6 is 0 Å². The van der Waals surface area contributed by atoms with Gasteiger partial charge in [0.25, 0.3) is 0 Å². The van der Waals surface area contributed by atoms with E-state index in [0.29, 0.717) is 6.61 Å². The number of nitrogens with zero attached hydrogens (tertiary/aromatic N) is 1. The molecule has 15 heavy (non-hydrogen) atoms. The van der Waals surface area contributed by atoms with E-state index in [9.17, 15) is 0 Å². The molecule has 0 fully saturated rings. The fourth-order valence-electron chi connectivity index (χ4n) is 1.13. The largest absolute Gasteiger partial charge is 0.362 e. The monoisotopic (exact) mass is 207 g/mol. The maximum Gasteiger partial charge on any atom is 0.144 e. The van der Waals surface area contributed by atoms with E-state index in [4.69, 9.17) is 10.00 Å². The standard InChI is InChI=1S/C13H21NO/c1-3-5-7-8-9-11-15-13(12-14)10-6-4-2/h13H,3-6,9-11H2,1-2H3. The number of ether oxygens (including phenoxy) is 1. The van der Waals surface area contributed by atoms with Crippen LogP contribution < -0.4 is 0 Å². The summed E-state index contributed by atoms with van der Waals surface area (Å²) in [5.41, 5.74) is 0. The highest BCUT2D eigenvalue weighted by Gasteiger charge is 2.05. The molecule has 0 saturated carbocycles. The topological polar surface area (TPSA) is 33.0 Å². The maximum atomic E-state index is 8.78. The third kappa shape index (κ3) is 9.32. The molecule has 0 aromatic heterocycles. The molecule has 0 aliphatic heterocycles. The number of hydrogen-bond donors (Lipinski definition) is 0. The molecule has 0 radical (unpaired) electrons. The van der Waals surface area contributed by atoms with E-state index in [1.54, 1.807) is 0 Å². The van der Waals surface area contributed by atoms with Gasteiger partial charge in [-0.15, -0.1) is 11.8 Å². The molecule has 0 saturated heterocycles. The Morgan fingerprint density at radius 3 is 2.47 bits per heavy atom. The van der Waals surface area contributed by atoms with Crippen LogP contribution in [0.3, 0.4) is 0 Å². The minimum atomic E-state index is -0.238. The Morgan fingerprint density at radius 2 is 1.87 bits per heavy atom. The molecule has 2 nitrogen and oxygen atoms in total. The van der Waals surface area contributed by atoms with Gasteiger partial charge in [0.2, 0.25) is 0 Å². The van der Waals surface area contributed by atoms with Crippen molar-refractivity contribution in [2.45, 2.75) is 58.5 Å². The molecular weight excluding hydrogens is 186 g/mol. The highest BCUT2D eigenvalue weighted by atomic mass is 16.5. The third-order valence-electron chi connectivity index (χ3n) is 2.01. The molecule has 1 unspecified atom stereocenters. The molecule has 0 spiro atoms. The van der Waals surface area contributed by atoms with Crippen LogP contribution in [-0.2, 0) is 4.74 Å². The molecular formula is C13H21NO. The van der Waals surface area contributed by atoms with Gasteiger partial charge < -0.3 is 4.74 Å². The highest BCUT2D eigenvalue weighted by molar-refractivity contribution is 4.98. The smallest absolute Gasteiger partial charge is 0.144 e. The summed E-state index contributed by atoms with van der Waals surface area (Å²) in [6, 6.07) is 2.17. The lowest BCUT2D eigenvalue weighted by Crippen LogP contribution is -2.10. The van der Waals surface area contributed by atoms with E-state index in [0.717, 1.165) is 38.5 Å². The summed E-state index contributed by atoms with van der Waals surface area (Å²) in [4.78, 5) is 0. The van der Waals surface area contributed by atoms with E-state index in [1.807, 2.05) is 0 Å². The average molecular weight is 207 g/mol. The zero-order valence-corrected chi connectivity index (χ0v) is 9.88. The van der Waals surface area contributed by atoms with Gasteiger partial charge in [-0.1, -0.05) is 26.7 Å². The molecule has 0 N–H and O–H groups in total. The van der Waals surface area contributed by atoms with Gasteiger partial charge in [-0.05, 0) is 12.8 Å². The summed E-state index contributed by atoms with van der Waals surface area (Å²) in [7, 11) is 0.